The van der Waals surface area contributed by atoms with Gasteiger partial charge in [-0.25, -0.2) is 0 Å². The first-order valence-electron chi connectivity index (χ1n) is 6.03. The van der Waals surface area contributed by atoms with E-state index in [1.165, 1.54) is 12.8 Å². The molecule has 16 heavy (non-hydrogen) atoms. The van der Waals surface area contributed by atoms with Gasteiger partial charge in [-0.1, -0.05) is 31.5 Å². The molecule has 0 heterocycles. The van der Waals surface area contributed by atoms with Gasteiger partial charge in [-0.2, -0.15) is 0 Å². The van der Waals surface area contributed by atoms with Crippen LogP contribution < -0.4 is 4.90 Å². The van der Waals surface area contributed by atoms with Gasteiger partial charge < -0.3 is 4.90 Å². The minimum absolute atomic E-state index is 0.227. The van der Waals surface area contributed by atoms with Gasteiger partial charge in [0.05, 0.1) is 0 Å². The molecular weight excluding hydrogens is 198 g/mol. The van der Waals surface area contributed by atoms with Crippen LogP contribution in [0.25, 0.3) is 0 Å². The Morgan fingerprint density at radius 1 is 1.25 bits per heavy atom. The Morgan fingerprint density at radius 3 is 2.50 bits per heavy atom. The average molecular weight is 217 g/mol. The summed E-state index contributed by atoms with van der Waals surface area (Å²) in [5.41, 5.74) is 0.992. The van der Waals surface area contributed by atoms with Crippen molar-refractivity contribution in [3.8, 4) is 0 Å². The molecule has 0 unspecified atom stereocenters. The first-order chi connectivity index (χ1) is 7.70. The molecule has 0 aromatic heterocycles. The SMILES string of the molecule is C[C@@H]1CCC[C@@H]1C(=O)N(C)c1ccccc1. The van der Waals surface area contributed by atoms with Gasteiger partial charge >= 0.3 is 0 Å². The number of hydrogen-bond acceptors (Lipinski definition) is 1. The molecule has 1 aromatic rings. The first kappa shape index (κ1) is 11.2. The smallest absolute Gasteiger partial charge is 0.230 e. The van der Waals surface area contributed by atoms with Gasteiger partial charge in [-0.3, -0.25) is 4.79 Å². The Labute approximate surface area is 97.3 Å². The van der Waals surface area contributed by atoms with Crippen LogP contribution in [0, 0.1) is 11.8 Å². The molecule has 1 aliphatic rings. The highest BCUT2D eigenvalue weighted by Crippen LogP contribution is 2.33. The monoisotopic (exact) mass is 217 g/mol. The fourth-order valence-corrected chi connectivity index (χ4v) is 2.54. The van der Waals surface area contributed by atoms with Crippen LogP contribution >= 0.6 is 0 Å². The van der Waals surface area contributed by atoms with Gasteiger partial charge in [0.15, 0.2) is 0 Å². The van der Waals surface area contributed by atoms with E-state index < -0.39 is 0 Å². The molecule has 1 aliphatic carbocycles. The molecule has 0 spiro atoms. The van der Waals surface area contributed by atoms with E-state index in [-0.39, 0.29) is 11.8 Å². The highest BCUT2D eigenvalue weighted by molar-refractivity contribution is 5.94. The van der Waals surface area contributed by atoms with Crippen molar-refractivity contribution in [1.29, 1.82) is 0 Å². The third kappa shape index (κ3) is 2.11. The highest BCUT2D eigenvalue weighted by atomic mass is 16.2. The van der Waals surface area contributed by atoms with Crippen LogP contribution in [0.4, 0.5) is 5.69 Å². The largest absolute Gasteiger partial charge is 0.315 e. The lowest BCUT2D eigenvalue weighted by Gasteiger charge is -2.23. The summed E-state index contributed by atoms with van der Waals surface area (Å²) in [6.45, 7) is 2.19. The zero-order valence-corrected chi connectivity index (χ0v) is 10.0. The lowest BCUT2D eigenvalue weighted by atomic mass is 9.96. The molecule has 2 rings (SSSR count). The minimum atomic E-state index is 0.227. The van der Waals surface area contributed by atoms with Crippen LogP contribution in [0.2, 0.25) is 0 Å². The third-order valence-electron chi connectivity index (χ3n) is 3.65. The summed E-state index contributed by atoms with van der Waals surface area (Å²) in [6, 6.07) is 9.88. The van der Waals surface area contributed by atoms with Crippen molar-refractivity contribution in [2.75, 3.05) is 11.9 Å². The molecule has 0 bridgehead atoms. The maximum absolute atomic E-state index is 12.3. The zero-order valence-electron chi connectivity index (χ0n) is 10.0. The van der Waals surface area contributed by atoms with E-state index in [9.17, 15) is 4.79 Å². The van der Waals surface area contributed by atoms with E-state index in [4.69, 9.17) is 0 Å². The summed E-state index contributed by atoms with van der Waals surface area (Å²) in [5, 5.41) is 0. The number of carbonyl (C=O) groups excluding carboxylic acids is 1. The average Bonchev–Trinajstić information content (AvgIpc) is 2.75. The molecule has 2 heteroatoms. The lowest BCUT2D eigenvalue weighted by Crippen LogP contribution is -2.33. The Morgan fingerprint density at radius 2 is 1.94 bits per heavy atom. The zero-order chi connectivity index (χ0) is 11.5. The molecule has 2 atom stereocenters. The summed E-state index contributed by atoms with van der Waals surface area (Å²) in [4.78, 5) is 14.1. The number of hydrogen-bond donors (Lipinski definition) is 0. The van der Waals surface area contributed by atoms with Gasteiger partial charge in [0.25, 0.3) is 0 Å². The molecule has 0 radical (unpaired) electrons. The van der Waals surface area contributed by atoms with Crippen molar-refractivity contribution in [2.24, 2.45) is 11.8 Å². The Balaban J connectivity index is 2.10. The quantitative estimate of drug-likeness (QED) is 0.745. The molecular formula is C14H19NO. The standard InChI is InChI=1S/C14H19NO/c1-11-7-6-10-13(11)14(16)15(2)12-8-4-3-5-9-12/h3-5,8-9,11,13H,6-7,10H2,1-2H3/t11-,13+/m1/s1. The number of nitrogens with zero attached hydrogens (tertiary/aromatic N) is 1. The van der Waals surface area contributed by atoms with E-state index >= 15 is 0 Å². The molecule has 0 aliphatic heterocycles. The van der Waals surface area contributed by atoms with Crippen molar-refractivity contribution >= 4 is 11.6 Å². The van der Waals surface area contributed by atoms with E-state index in [1.54, 1.807) is 4.90 Å². The number of amides is 1. The van der Waals surface area contributed by atoms with Crippen molar-refractivity contribution in [2.45, 2.75) is 26.2 Å². The van der Waals surface area contributed by atoms with E-state index in [2.05, 4.69) is 6.92 Å². The van der Waals surface area contributed by atoms with E-state index in [1.807, 2.05) is 37.4 Å². The van der Waals surface area contributed by atoms with Crippen LogP contribution in [0.3, 0.4) is 0 Å². The minimum Gasteiger partial charge on any atom is -0.315 e. The van der Waals surface area contributed by atoms with Crippen LogP contribution in [0.15, 0.2) is 30.3 Å². The number of rotatable bonds is 2. The van der Waals surface area contributed by atoms with Gasteiger partial charge in [-0.15, -0.1) is 0 Å². The van der Waals surface area contributed by atoms with Crippen LogP contribution in [-0.2, 0) is 4.79 Å². The van der Waals surface area contributed by atoms with Gasteiger partial charge in [0.1, 0.15) is 0 Å². The van der Waals surface area contributed by atoms with Crippen molar-refractivity contribution in [3.05, 3.63) is 30.3 Å². The summed E-state index contributed by atoms with van der Waals surface area (Å²) in [6.07, 6.45) is 3.44. The fourth-order valence-electron chi connectivity index (χ4n) is 2.54. The predicted molar refractivity (Wildman–Crippen MR) is 66.4 cm³/mol. The van der Waals surface area contributed by atoms with Gasteiger partial charge in [0, 0.05) is 18.7 Å². The molecule has 0 saturated heterocycles. The maximum Gasteiger partial charge on any atom is 0.230 e. The molecule has 1 amide bonds. The molecule has 1 aromatic carbocycles. The molecule has 0 N–H and O–H groups in total. The first-order valence-corrected chi connectivity index (χ1v) is 6.03. The Hall–Kier alpha value is -1.31. The third-order valence-corrected chi connectivity index (χ3v) is 3.65. The second-order valence-electron chi connectivity index (χ2n) is 4.75. The van der Waals surface area contributed by atoms with Gasteiger partial charge in [0.2, 0.25) is 5.91 Å². The molecule has 86 valence electrons. The highest BCUT2D eigenvalue weighted by Gasteiger charge is 2.31. The van der Waals surface area contributed by atoms with E-state index in [0.29, 0.717) is 5.92 Å². The van der Waals surface area contributed by atoms with Gasteiger partial charge in [-0.05, 0) is 30.9 Å². The van der Waals surface area contributed by atoms with Crippen LogP contribution in [0.1, 0.15) is 26.2 Å². The summed E-state index contributed by atoms with van der Waals surface area (Å²) in [5.74, 6) is 1.04. The normalized spacial score (nSPS) is 24.4. The van der Waals surface area contributed by atoms with Crippen molar-refractivity contribution in [1.82, 2.24) is 0 Å². The van der Waals surface area contributed by atoms with Crippen LogP contribution in [0.5, 0.6) is 0 Å². The molecule has 1 saturated carbocycles. The Kier molecular flexibility index (Phi) is 3.28. The Bertz CT molecular complexity index is 360. The lowest BCUT2D eigenvalue weighted by molar-refractivity contribution is -0.122. The summed E-state index contributed by atoms with van der Waals surface area (Å²) >= 11 is 0. The second kappa shape index (κ2) is 4.69. The van der Waals surface area contributed by atoms with Crippen LogP contribution in [-0.4, -0.2) is 13.0 Å². The molecule has 2 nitrogen and oxygen atoms in total. The predicted octanol–water partition coefficient (Wildman–Crippen LogP) is 3.09. The maximum atomic E-state index is 12.3. The van der Waals surface area contributed by atoms with E-state index in [0.717, 1.165) is 12.1 Å². The number of carbonyl (C=O) groups is 1. The second-order valence-corrected chi connectivity index (χ2v) is 4.75. The fraction of sp³-hybridized carbons (Fsp3) is 0.500. The van der Waals surface area contributed by atoms with Crippen molar-refractivity contribution < 1.29 is 4.79 Å². The number of para-hydroxylation sites is 1. The number of benzene rings is 1. The van der Waals surface area contributed by atoms with Crippen molar-refractivity contribution in [3.63, 3.8) is 0 Å². The summed E-state index contributed by atoms with van der Waals surface area (Å²) in [7, 11) is 1.88. The number of anilines is 1. The molecule has 1 fully saturated rings. The summed E-state index contributed by atoms with van der Waals surface area (Å²) < 4.78 is 0. The topological polar surface area (TPSA) is 20.3 Å².